The van der Waals surface area contributed by atoms with E-state index >= 15 is 0 Å². The van der Waals surface area contributed by atoms with Gasteiger partial charge in [-0.3, -0.25) is 14.7 Å². The van der Waals surface area contributed by atoms with E-state index in [1.54, 1.807) is 6.92 Å². The molecule has 1 aliphatic heterocycles. The van der Waals surface area contributed by atoms with Crippen LogP contribution in [0.3, 0.4) is 0 Å². The van der Waals surface area contributed by atoms with Gasteiger partial charge in [-0.2, -0.15) is 8.42 Å². The van der Waals surface area contributed by atoms with Crippen LogP contribution in [0.5, 0.6) is 11.5 Å². The van der Waals surface area contributed by atoms with E-state index in [1.807, 2.05) is 0 Å². The maximum atomic E-state index is 10.7. The number of nitro groups is 1. The number of fused-ring (bicyclic) bond motifs is 1. The van der Waals surface area contributed by atoms with Crippen LogP contribution in [0.15, 0.2) is 18.2 Å². The minimum Gasteiger partial charge on any atom is -0.449 e. The number of benzene rings is 1. The number of unbranched alkanes of at least 4 members (excludes halogenated alkanes) is 1. The zero-order valence-corrected chi connectivity index (χ0v) is 12.1. The molecule has 0 aliphatic carbocycles. The molecule has 0 fully saturated rings. The summed E-state index contributed by atoms with van der Waals surface area (Å²) >= 11 is 0. The molecule has 0 spiro atoms. The Kier molecular flexibility index (Phi) is 4.06. The molecule has 21 heavy (non-hydrogen) atoms. The molecule has 0 saturated carbocycles. The van der Waals surface area contributed by atoms with Crippen LogP contribution in [-0.4, -0.2) is 29.4 Å². The minimum atomic E-state index is -3.97. The molecule has 1 aliphatic rings. The number of ether oxygens (including phenoxy) is 2. The molecule has 1 atom stereocenters. The highest BCUT2D eigenvalue weighted by Gasteiger charge is 2.37. The van der Waals surface area contributed by atoms with Gasteiger partial charge in [0.25, 0.3) is 15.8 Å². The summed E-state index contributed by atoms with van der Waals surface area (Å²) in [5, 5.41) is 10.7. The third-order valence-electron chi connectivity index (χ3n) is 3.07. The van der Waals surface area contributed by atoms with Crippen molar-refractivity contribution in [3.05, 3.63) is 28.3 Å². The molecule has 116 valence electrons. The van der Waals surface area contributed by atoms with Gasteiger partial charge >= 0.3 is 0 Å². The summed E-state index contributed by atoms with van der Waals surface area (Å²) < 4.78 is 41.1. The number of hydrogen-bond donors (Lipinski definition) is 1. The Hall–Kier alpha value is -1.87. The highest BCUT2D eigenvalue weighted by Crippen LogP contribution is 2.42. The van der Waals surface area contributed by atoms with Crippen molar-refractivity contribution in [3.8, 4) is 11.5 Å². The van der Waals surface area contributed by atoms with Gasteiger partial charge in [0, 0.05) is 19.4 Å². The highest BCUT2D eigenvalue weighted by atomic mass is 32.2. The van der Waals surface area contributed by atoms with Crippen LogP contribution >= 0.6 is 0 Å². The number of nitro benzene ring substituents is 1. The second-order valence-corrected chi connectivity index (χ2v) is 6.54. The van der Waals surface area contributed by atoms with Gasteiger partial charge in [0.15, 0.2) is 11.5 Å². The normalized spacial score (nSPS) is 20.5. The Morgan fingerprint density at radius 3 is 2.57 bits per heavy atom. The standard InChI is InChI=1S/C12H15NO7S/c1-12(6-2-3-7-21(16,17)18)19-10-5-4-9(13(14)15)8-11(10)20-12/h4-5,8H,2-3,6-7H2,1H3,(H,16,17,18). The maximum Gasteiger partial charge on any atom is 0.273 e. The summed E-state index contributed by atoms with van der Waals surface area (Å²) in [5.74, 6) is -0.600. The minimum absolute atomic E-state index is 0.0898. The van der Waals surface area contributed by atoms with Crippen LogP contribution in [0.1, 0.15) is 26.2 Å². The van der Waals surface area contributed by atoms with Crippen LogP contribution in [0.25, 0.3) is 0 Å². The molecule has 9 heteroatoms. The second kappa shape index (κ2) is 5.49. The van der Waals surface area contributed by atoms with Gasteiger partial charge in [0.2, 0.25) is 5.79 Å². The quantitative estimate of drug-likeness (QED) is 0.370. The van der Waals surface area contributed by atoms with Crippen molar-refractivity contribution >= 4 is 15.8 Å². The monoisotopic (exact) mass is 317 g/mol. The van der Waals surface area contributed by atoms with E-state index in [0.717, 1.165) is 0 Å². The maximum absolute atomic E-state index is 10.7. The average molecular weight is 317 g/mol. The predicted molar refractivity (Wildman–Crippen MR) is 73.0 cm³/mol. The molecule has 1 aromatic rings. The molecule has 0 amide bonds. The van der Waals surface area contributed by atoms with Gasteiger partial charge in [-0.15, -0.1) is 0 Å². The number of non-ortho nitro benzene ring substituents is 1. The van der Waals surface area contributed by atoms with Crippen LogP contribution in [0.4, 0.5) is 5.69 Å². The molecule has 1 unspecified atom stereocenters. The first kappa shape index (κ1) is 15.5. The van der Waals surface area contributed by atoms with Crippen LogP contribution in [0, 0.1) is 10.1 Å². The first-order valence-corrected chi connectivity index (χ1v) is 7.91. The number of nitrogens with zero attached hydrogens (tertiary/aromatic N) is 1. The predicted octanol–water partition coefficient (Wildman–Crippen LogP) is 2.14. The SMILES string of the molecule is CC1(CCCCS(=O)(=O)O)Oc2ccc([N+](=O)[O-])cc2O1. The zero-order valence-electron chi connectivity index (χ0n) is 11.3. The largest absolute Gasteiger partial charge is 0.449 e. The van der Waals surface area contributed by atoms with E-state index in [0.29, 0.717) is 24.3 Å². The molecule has 1 heterocycles. The second-order valence-electron chi connectivity index (χ2n) is 4.97. The van der Waals surface area contributed by atoms with Gasteiger partial charge in [0.05, 0.1) is 16.7 Å². The smallest absolute Gasteiger partial charge is 0.273 e. The lowest BCUT2D eigenvalue weighted by molar-refractivity contribution is -0.384. The van der Waals surface area contributed by atoms with Gasteiger partial charge in [-0.25, -0.2) is 0 Å². The summed E-state index contributed by atoms with van der Waals surface area (Å²) in [7, 11) is -3.97. The molecule has 2 rings (SSSR count). The number of hydrogen-bond acceptors (Lipinski definition) is 6. The van der Waals surface area contributed by atoms with Gasteiger partial charge in [-0.1, -0.05) is 0 Å². The van der Waals surface area contributed by atoms with Crippen LogP contribution in [-0.2, 0) is 10.1 Å². The Bertz CT molecular complexity index is 658. The van der Waals surface area contributed by atoms with E-state index in [4.69, 9.17) is 14.0 Å². The summed E-state index contributed by atoms with van der Waals surface area (Å²) in [6.07, 6.45) is 1.13. The van der Waals surface area contributed by atoms with Gasteiger partial charge in [0.1, 0.15) is 0 Å². The van der Waals surface area contributed by atoms with Gasteiger partial charge < -0.3 is 9.47 Å². The van der Waals surface area contributed by atoms with E-state index in [2.05, 4.69) is 0 Å². The highest BCUT2D eigenvalue weighted by molar-refractivity contribution is 7.85. The molecule has 1 aromatic carbocycles. The van der Waals surface area contributed by atoms with Crippen molar-refractivity contribution in [2.45, 2.75) is 32.0 Å². The summed E-state index contributed by atoms with van der Waals surface area (Å²) in [4.78, 5) is 10.2. The van der Waals surface area contributed by atoms with Crippen molar-refractivity contribution in [2.75, 3.05) is 5.75 Å². The fraction of sp³-hybridized carbons (Fsp3) is 0.500. The average Bonchev–Trinajstić information content (AvgIpc) is 2.69. The fourth-order valence-corrected chi connectivity index (χ4v) is 2.66. The van der Waals surface area contributed by atoms with E-state index in [9.17, 15) is 18.5 Å². The van der Waals surface area contributed by atoms with Crippen molar-refractivity contribution in [1.29, 1.82) is 0 Å². The molecule has 0 radical (unpaired) electrons. The molecule has 0 aromatic heterocycles. The molecular formula is C12H15NO7S. The number of rotatable bonds is 6. The van der Waals surface area contributed by atoms with Crippen LogP contribution in [0.2, 0.25) is 0 Å². The summed E-state index contributed by atoms with van der Waals surface area (Å²) in [6.45, 7) is 1.67. The molecule has 0 bridgehead atoms. The van der Waals surface area contributed by atoms with Crippen molar-refractivity contribution in [2.24, 2.45) is 0 Å². The third kappa shape index (κ3) is 4.05. The van der Waals surface area contributed by atoms with Crippen molar-refractivity contribution in [3.63, 3.8) is 0 Å². The fourth-order valence-electron chi connectivity index (χ4n) is 2.09. The third-order valence-corrected chi connectivity index (χ3v) is 3.88. The molecule has 0 saturated heterocycles. The van der Waals surface area contributed by atoms with Gasteiger partial charge in [-0.05, 0) is 18.9 Å². The molecular weight excluding hydrogens is 302 g/mol. The topological polar surface area (TPSA) is 116 Å². The Balaban J connectivity index is 1.96. The van der Waals surface area contributed by atoms with E-state index in [-0.39, 0.29) is 17.9 Å². The Morgan fingerprint density at radius 2 is 1.95 bits per heavy atom. The summed E-state index contributed by atoms with van der Waals surface area (Å²) in [5.41, 5.74) is -0.0898. The first-order valence-electron chi connectivity index (χ1n) is 6.30. The lowest BCUT2D eigenvalue weighted by Crippen LogP contribution is -2.34. The lowest BCUT2D eigenvalue weighted by Gasteiger charge is -2.22. The van der Waals surface area contributed by atoms with E-state index < -0.39 is 20.8 Å². The van der Waals surface area contributed by atoms with Crippen molar-refractivity contribution < 1.29 is 27.4 Å². The van der Waals surface area contributed by atoms with E-state index in [1.165, 1.54) is 18.2 Å². The van der Waals surface area contributed by atoms with Crippen molar-refractivity contribution in [1.82, 2.24) is 0 Å². The Labute approximate surface area is 121 Å². The Morgan fingerprint density at radius 1 is 1.29 bits per heavy atom. The first-order chi connectivity index (χ1) is 9.69. The molecule has 8 nitrogen and oxygen atoms in total. The molecule has 1 N–H and O–H groups in total. The lowest BCUT2D eigenvalue weighted by atomic mass is 10.1. The summed E-state index contributed by atoms with van der Waals surface area (Å²) in [6, 6.07) is 4.09. The van der Waals surface area contributed by atoms with Crippen LogP contribution < -0.4 is 9.47 Å². The zero-order chi connectivity index (χ0) is 15.7.